The van der Waals surface area contributed by atoms with Crippen LogP contribution in [0.5, 0.6) is 0 Å². The number of aliphatic carboxylic acids is 1. The molecule has 96 valence electrons. The molecule has 4 nitrogen and oxygen atoms in total. The molecule has 2 fully saturated rings. The normalized spacial score (nSPS) is 26.1. The number of carboxylic acids is 1. The average molecular weight is 239 g/mol. The molecule has 1 heterocycles. The molecule has 0 aromatic heterocycles. The number of amides is 1. The monoisotopic (exact) mass is 239 g/mol. The molecule has 0 spiro atoms. The van der Waals surface area contributed by atoms with Crippen molar-refractivity contribution in [3.63, 3.8) is 0 Å². The Morgan fingerprint density at radius 2 is 1.76 bits per heavy atom. The van der Waals surface area contributed by atoms with Crippen molar-refractivity contribution >= 4 is 11.9 Å². The van der Waals surface area contributed by atoms with Crippen LogP contribution in [-0.2, 0) is 9.59 Å². The van der Waals surface area contributed by atoms with Crippen molar-refractivity contribution in [2.24, 2.45) is 5.92 Å². The molecule has 1 atom stereocenters. The lowest BCUT2D eigenvalue weighted by atomic mass is 9.86. The predicted octanol–water partition coefficient (Wildman–Crippen LogP) is 2.03. The molecule has 2 rings (SSSR count). The molecular weight excluding hydrogens is 218 g/mol. The Morgan fingerprint density at radius 1 is 1.06 bits per heavy atom. The van der Waals surface area contributed by atoms with Crippen molar-refractivity contribution in [2.75, 3.05) is 6.54 Å². The summed E-state index contributed by atoms with van der Waals surface area (Å²) in [5.41, 5.74) is 0. The first-order valence-electron chi connectivity index (χ1n) is 6.71. The van der Waals surface area contributed by atoms with Crippen LogP contribution in [0.3, 0.4) is 0 Å². The van der Waals surface area contributed by atoms with Gasteiger partial charge in [0.25, 0.3) is 0 Å². The highest BCUT2D eigenvalue weighted by molar-refractivity contribution is 5.84. The summed E-state index contributed by atoms with van der Waals surface area (Å²) in [6.45, 7) is 0.628. The lowest BCUT2D eigenvalue weighted by molar-refractivity contribution is -0.148. The molecule has 1 aliphatic carbocycles. The second-order valence-electron chi connectivity index (χ2n) is 5.29. The van der Waals surface area contributed by atoms with E-state index in [1.54, 1.807) is 4.90 Å². The van der Waals surface area contributed by atoms with E-state index in [2.05, 4.69) is 0 Å². The summed E-state index contributed by atoms with van der Waals surface area (Å²) in [6, 6.07) is -0.564. The lowest BCUT2D eigenvalue weighted by Gasteiger charge is -2.26. The maximum atomic E-state index is 12.1. The van der Waals surface area contributed by atoms with Crippen LogP contribution in [0.4, 0.5) is 0 Å². The van der Waals surface area contributed by atoms with Crippen LogP contribution >= 0.6 is 0 Å². The smallest absolute Gasteiger partial charge is 0.326 e. The third-order valence-corrected chi connectivity index (χ3v) is 4.05. The van der Waals surface area contributed by atoms with Gasteiger partial charge in [-0.2, -0.15) is 0 Å². The standard InChI is InChI=1S/C13H21NO3/c15-12(9-10-5-2-1-3-6-10)14-8-4-7-11(14)13(16)17/h10-11H,1-9H2,(H,16,17)/t11-/m0/s1. The fourth-order valence-corrected chi connectivity index (χ4v) is 3.08. The summed E-state index contributed by atoms with van der Waals surface area (Å²) in [5, 5.41) is 9.04. The quantitative estimate of drug-likeness (QED) is 0.819. The van der Waals surface area contributed by atoms with Crippen molar-refractivity contribution in [2.45, 2.75) is 57.4 Å². The number of carbonyl (C=O) groups excluding carboxylic acids is 1. The number of carboxylic acid groups (broad SMARTS) is 1. The minimum atomic E-state index is -0.848. The Labute approximate surface area is 102 Å². The van der Waals surface area contributed by atoms with Gasteiger partial charge in [0.2, 0.25) is 5.91 Å². The Kier molecular flexibility index (Phi) is 4.02. The Bertz CT molecular complexity index is 297. The van der Waals surface area contributed by atoms with Gasteiger partial charge in [0.15, 0.2) is 0 Å². The molecule has 4 heteroatoms. The highest BCUT2D eigenvalue weighted by Gasteiger charge is 2.34. The van der Waals surface area contributed by atoms with E-state index in [1.807, 2.05) is 0 Å². The zero-order valence-electron chi connectivity index (χ0n) is 10.2. The van der Waals surface area contributed by atoms with E-state index in [0.717, 1.165) is 19.3 Å². The molecule has 17 heavy (non-hydrogen) atoms. The number of likely N-dealkylation sites (tertiary alicyclic amines) is 1. The van der Waals surface area contributed by atoms with Crippen LogP contribution < -0.4 is 0 Å². The zero-order valence-corrected chi connectivity index (χ0v) is 10.2. The Morgan fingerprint density at radius 3 is 2.41 bits per heavy atom. The van der Waals surface area contributed by atoms with Crippen LogP contribution in [0.2, 0.25) is 0 Å². The molecule has 1 aliphatic heterocycles. The third kappa shape index (κ3) is 2.99. The highest BCUT2D eigenvalue weighted by Crippen LogP contribution is 2.28. The summed E-state index contributed by atoms with van der Waals surface area (Å²) in [5.74, 6) is -0.299. The fraction of sp³-hybridized carbons (Fsp3) is 0.846. The first kappa shape index (κ1) is 12.4. The van der Waals surface area contributed by atoms with Crippen LogP contribution in [0, 0.1) is 5.92 Å². The van der Waals surface area contributed by atoms with Gasteiger partial charge < -0.3 is 10.0 Å². The van der Waals surface area contributed by atoms with Crippen molar-refractivity contribution in [1.82, 2.24) is 4.90 Å². The molecule has 0 aromatic rings. The van der Waals surface area contributed by atoms with Crippen molar-refractivity contribution in [3.05, 3.63) is 0 Å². The highest BCUT2D eigenvalue weighted by atomic mass is 16.4. The molecule has 0 aromatic carbocycles. The van der Waals surface area contributed by atoms with E-state index in [9.17, 15) is 9.59 Å². The number of nitrogens with zero attached hydrogens (tertiary/aromatic N) is 1. The van der Waals surface area contributed by atoms with Crippen LogP contribution in [0.25, 0.3) is 0 Å². The van der Waals surface area contributed by atoms with E-state index in [-0.39, 0.29) is 5.91 Å². The summed E-state index contributed by atoms with van der Waals surface area (Å²) in [7, 11) is 0. The lowest BCUT2D eigenvalue weighted by Crippen LogP contribution is -2.41. The SMILES string of the molecule is O=C(O)[C@@H]1CCCN1C(=O)CC1CCCCC1. The van der Waals surface area contributed by atoms with Crippen LogP contribution in [0.15, 0.2) is 0 Å². The fourth-order valence-electron chi connectivity index (χ4n) is 3.08. The molecule has 0 radical (unpaired) electrons. The van der Waals surface area contributed by atoms with E-state index in [4.69, 9.17) is 5.11 Å². The van der Waals surface area contributed by atoms with E-state index >= 15 is 0 Å². The zero-order chi connectivity index (χ0) is 12.3. The van der Waals surface area contributed by atoms with E-state index < -0.39 is 12.0 Å². The third-order valence-electron chi connectivity index (χ3n) is 4.05. The van der Waals surface area contributed by atoms with Crippen molar-refractivity contribution < 1.29 is 14.7 Å². The predicted molar refractivity (Wildman–Crippen MR) is 63.6 cm³/mol. The largest absolute Gasteiger partial charge is 0.480 e. The van der Waals surface area contributed by atoms with Gasteiger partial charge in [0.05, 0.1) is 0 Å². The minimum Gasteiger partial charge on any atom is -0.480 e. The molecule has 1 N–H and O–H groups in total. The summed E-state index contributed by atoms with van der Waals surface area (Å²) in [6.07, 6.45) is 8.00. The van der Waals surface area contributed by atoms with Gasteiger partial charge in [-0.15, -0.1) is 0 Å². The topological polar surface area (TPSA) is 57.6 Å². The Hall–Kier alpha value is -1.06. The van der Waals surface area contributed by atoms with Gasteiger partial charge in [-0.05, 0) is 31.6 Å². The summed E-state index contributed by atoms with van der Waals surface area (Å²) < 4.78 is 0. The second kappa shape index (κ2) is 5.52. The van der Waals surface area contributed by atoms with Gasteiger partial charge in [-0.3, -0.25) is 4.79 Å². The van der Waals surface area contributed by atoms with Crippen LogP contribution in [-0.4, -0.2) is 34.5 Å². The van der Waals surface area contributed by atoms with Gasteiger partial charge in [-0.25, -0.2) is 4.79 Å². The molecule has 0 bridgehead atoms. The minimum absolute atomic E-state index is 0.0572. The maximum absolute atomic E-state index is 12.1. The van der Waals surface area contributed by atoms with Crippen molar-refractivity contribution in [3.8, 4) is 0 Å². The molecule has 1 amide bonds. The number of hydrogen-bond acceptors (Lipinski definition) is 2. The Balaban J connectivity index is 1.88. The number of rotatable bonds is 3. The second-order valence-corrected chi connectivity index (χ2v) is 5.29. The van der Waals surface area contributed by atoms with Gasteiger partial charge in [0, 0.05) is 13.0 Å². The van der Waals surface area contributed by atoms with Crippen molar-refractivity contribution in [1.29, 1.82) is 0 Å². The molecular formula is C13H21NO3. The molecule has 1 saturated heterocycles. The van der Waals surface area contributed by atoms with E-state index in [1.165, 1.54) is 19.3 Å². The summed E-state index contributed by atoms with van der Waals surface area (Å²) >= 11 is 0. The number of carbonyl (C=O) groups is 2. The molecule has 1 saturated carbocycles. The molecule has 0 unspecified atom stereocenters. The molecule has 2 aliphatic rings. The average Bonchev–Trinajstić information content (AvgIpc) is 2.79. The number of hydrogen-bond donors (Lipinski definition) is 1. The van der Waals surface area contributed by atoms with Gasteiger partial charge >= 0.3 is 5.97 Å². The summed E-state index contributed by atoms with van der Waals surface area (Å²) in [4.78, 5) is 24.7. The maximum Gasteiger partial charge on any atom is 0.326 e. The van der Waals surface area contributed by atoms with Crippen LogP contribution in [0.1, 0.15) is 51.4 Å². The van der Waals surface area contributed by atoms with Gasteiger partial charge in [0.1, 0.15) is 6.04 Å². The van der Waals surface area contributed by atoms with Gasteiger partial charge in [-0.1, -0.05) is 19.3 Å². The van der Waals surface area contributed by atoms with E-state index in [0.29, 0.717) is 25.3 Å². The first-order valence-corrected chi connectivity index (χ1v) is 6.71. The first-order chi connectivity index (χ1) is 8.18.